The van der Waals surface area contributed by atoms with E-state index in [0.29, 0.717) is 16.9 Å². The van der Waals surface area contributed by atoms with Crippen LogP contribution in [0.25, 0.3) is 0 Å². The number of phenols is 1. The average Bonchev–Trinajstić information content (AvgIpc) is 2.12. The van der Waals surface area contributed by atoms with Gasteiger partial charge in [-0.3, -0.25) is 0 Å². The number of hydrogen-bond acceptors (Lipinski definition) is 3. The van der Waals surface area contributed by atoms with Crippen LogP contribution in [-0.4, -0.2) is 23.3 Å². The lowest BCUT2D eigenvalue weighted by molar-refractivity contribution is 0.0695. The highest BCUT2D eigenvalue weighted by molar-refractivity contribution is 5.91. The predicted octanol–water partition coefficient (Wildman–Crippen LogP) is 1.72. The lowest BCUT2D eigenvalue weighted by atomic mass is 10.0. The van der Waals surface area contributed by atoms with E-state index in [4.69, 9.17) is 9.84 Å². The molecule has 4 heteroatoms. The molecular formula is C10H12O4. The highest BCUT2D eigenvalue weighted by Crippen LogP contribution is 2.33. The van der Waals surface area contributed by atoms with Crippen LogP contribution in [0, 0.1) is 13.8 Å². The fourth-order valence-electron chi connectivity index (χ4n) is 1.35. The highest BCUT2D eigenvalue weighted by atomic mass is 16.5. The molecule has 0 bridgehead atoms. The van der Waals surface area contributed by atoms with Gasteiger partial charge in [0.05, 0.1) is 12.7 Å². The number of rotatable bonds is 2. The molecule has 0 atom stereocenters. The minimum absolute atomic E-state index is 0.0980. The molecule has 0 aliphatic heterocycles. The summed E-state index contributed by atoms with van der Waals surface area (Å²) in [5.74, 6) is -0.871. The van der Waals surface area contributed by atoms with E-state index in [1.807, 2.05) is 0 Å². The maximum absolute atomic E-state index is 10.8. The Morgan fingerprint density at radius 3 is 2.36 bits per heavy atom. The SMILES string of the molecule is COc1c(O)cc(C(=O)O)c(C)c1C. The maximum atomic E-state index is 10.8. The summed E-state index contributed by atoms with van der Waals surface area (Å²) in [6.07, 6.45) is 0. The molecule has 1 aromatic rings. The van der Waals surface area contributed by atoms with Crippen molar-refractivity contribution in [3.63, 3.8) is 0 Å². The third-order valence-corrected chi connectivity index (χ3v) is 2.26. The largest absolute Gasteiger partial charge is 0.504 e. The smallest absolute Gasteiger partial charge is 0.336 e. The Hall–Kier alpha value is -1.71. The third kappa shape index (κ3) is 1.51. The summed E-state index contributed by atoms with van der Waals surface area (Å²) in [7, 11) is 1.43. The first-order chi connectivity index (χ1) is 6.49. The van der Waals surface area contributed by atoms with Crippen molar-refractivity contribution in [1.29, 1.82) is 0 Å². The Morgan fingerprint density at radius 1 is 1.36 bits per heavy atom. The van der Waals surface area contributed by atoms with Gasteiger partial charge in [0.2, 0.25) is 0 Å². The number of methoxy groups -OCH3 is 1. The average molecular weight is 196 g/mol. The number of aromatic carboxylic acids is 1. The minimum Gasteiger partial charge on any atom is -0.504 e. The molecule has 0 heterocycles. The molecule has 1 aromatic carbocycles. The normalized spacial score (nSPS) is 9.93. The lowest BCUT2D eigenvalue weighted by Gasteiger charge is -2.11. The van der Waals surface area contributed by atoms with E-state index in [1.165, 1.54) is 13.2 Å². The second-order valence-electron chi connectivity index (χ2n) is 3.03. The number of carboxylic acids is 1. The van der Waals surface area contributed by atoms with Gasteiger partial charge < -0.3 is 14.9 Å². The van der Waals surface area contributed by atoms with Gasteiger partial charge in [-0.25, -0.2) is 4.79 Å². The molecule has 1 rings (SSSR count). The van der Waals surface area contributed by atoms with Gasteiger partial charge in [0.25, 0.3) is 0 Å². The molecule has 0 saturated heterocycles. The summed E-state index contributed by atoms with van der Waals surface area (Å²) in [6, 6.07) is 1.20. The number of ether oxygens (including phenoxy) is 1. The van der Waals surface area contributed by atoms with Crippen molar-refractivity contribution in [2.24, 2.45) is 0 Å². The van der Waals surface area contributed by atoms with E-state index in [9.17, 15) is 9.90 Å². The molecule has 0 fully saturated rings. The zero-order chi connectivity index (χ0) is 10.9. The van der Waals surface area contributed by atoms with E-state index < -0.39 is 5.97 Å². The molecule has 0 spiro atoms. The Kier molecular flexibility index (Phi) is 2.65. The number of carboxylic acid groups (broad SMARTS) is 1. The van der Waals surface area contributed by atoms with Gasteiger partial charge in [0, 0.05) is 0 Å². The molecule has 0 unspecified atom stereocenters. The summed E-state index contributed by atoms with van der Waals surface area (Å²) in [6.45, 7) is 3.39. The van der Waals surface area contributed by atoms with Crippen LogP contribution in [0.4, 0.5) is 0 Å². The molecule has 76 valence electrons. The molecular weight excluding hydrogens is 184 g/mol. The number of benzene rings is 1. The topological polar surface area (TPSA) is 66.8 Å². The van der Waals surface area contributed by atoms with Crippen molar-refractivity contribution < 1.29 is 19.7 Å². The Balaban J connectivity index is 3.47. The number of carbonyl (C=O) groups is 1. The molecule has 0 aliphatic carbocycles. The van der Waals surface area contributed by atoms with Gasteiger partial charge in [-0.05, 0) is 31.0 Å². The van der Waals surface area contributed by atoms with Crippen LogP contribution < -0.4 is 4.74 Å². The molecule has 0 aromatic heterocycles. The summed E-state index contributed by atoms with van der Waals surface area (Å²) < 4.78 is 4.95. The second-order valence-corrected chi connectivity index (χ2v) is 3.03. The van der Waals surface area contributed by atoms with Gasteiger partial charge in [-0.2, -0.15) is 0 Å². The van der Waals surface area contributed by atoms with Gasteiger partial charge in [-0.15, -0.1) is 0 Å². The Bertz CT molecular complexity index is 382. The minimum atomic E-state index is -1.05. The molecule has 4 nitrogen and oxygen atoms in total. The Morgan fingerprint density at radius 2 is 1.93 bits per heavy atom. The van der Waals surface area contributed by atoms with Crippen molar-refractivity contribution in [2.75, 3.05) is 7.11 Å². The van der Waals surface area contributed by atoms with Gasteiger partial charge >= 0.3 is 5.97 Å². The first-order valence-electron chi connectivity index (χ1n) is 4.09. The monoisotopic (exact) mass is 196 g/mol. The zero-order valence-electron chi connectivity index (χ0n) is 8.29. The van der Waals surface area contributed by atoms with E-state index in [0.717, 1.165) is 0 Å². The van der Waals surface area contributed by atoms with Crippen molar-refractivity contribution in [3.8, 4) is 11.5 Å². The van der Waals surface area contributed by atoms with Crippen LogP contribution in [0.3, 0.4) is 0 Å². The second kappa shape index (κ2) is 3.57. The van der Waals surface area contributed by atoms with Crippen LogP contribution >= 0.6 is 0 Å². The summed E-state index contributed by atoms with van der Waals surface area (Å²) in [5.41, 5.74) is 1.35. The Labute approximate surface area is 81.8 Å². The van der Waals surface area contributed by atoms with Crippen LogP contribution in [0.5, 0.6) is 11.5 Å². The number of hydrogen-bond donors (Lipinski definition) is 2. The first kappa shape index (κ1) is 10.4. The van der Waals surface area contributed by atoms with Gasteiger partial charge in [-0.1, -0.05) is 0 Å². The number of aromatic hydroxyl groups is 1. The standard InChI is InChI=1S/C10H12O4/c1-5-6(2)9(14-3)8(11)4-7(5)10(12)13/h4,11H,1-3H3,(H,12,13). The fourth-order valence-corrected chi connectivity index (χ4v) is 1.35. The van der Waals surface area contributed by atoms with E-state index in [-0.39, 0.29) is 11.3 Å². The quantitative estimate of drug-likeness (QED) is 0.755. The molecule has 2 N–H and O–H groups in total. The predicted molar refractivity (Wildman–Crippen MR) is 51.1 cm³/mol. The molecule has 0 amide bonds. The number of phenolic OH excluding ortho intramolecular Hbond substituents is 1. The summed E-state index contributed by atoms with van der Waals surface area (Å²) in [4.78, 5) is 10.8. The van der Waals surface area contributed by atoms with Gasteiger partial charge in [0.1, 0.15) is 0 Å². The van der Waals surface area contributed by atoms with Crippen LogP contribution in [0.15, 0.2) is 6.07 Å². The van der Waals surface area contributed by atoms with Crippen molar-refractivity contribution in [3.05, 3.63) is 22.8 Å². The van der Waals surface area contributed by atoms with Crippen LogP contribution in [-0.2, 0) is 0 Å². The van der Waals surface area contributed by atoms with Crippen molar-refractivity contribution >= 4 is 5.97 Å². The lowest BCUT2D eigenvalue weighted by Crippen LogP contribution is -2.02. The molecule has 14 heavy (non-hydrogen) atoms. The fraction of sp³-hybridized carbons (Fsp3) is 0.300. The third-order valence-electron chi connectivity index (χ3n) is 2.26. The highest BCUT2D eigenvalue weighted by Gasteiger charge is 2.16. The van der Waals surface area contributed by atoms with Gasteiger partial charge in [0.15, 0.2) is 11.5 Å². The van der Waals surface area contributed by atoms with E-state index >= 15 is 0 Å². The van der Waals surface area contributed by atoms with E-state index in [2.05, 4.69) is 0 Å². The molecule has 0 saturated carbocycles. The zero-order valence-corrected chi connectivity index (χ0v) is 8.29. The van der Waals surface area contributed by atoms with E-state index in [1.54, 1.807) is 13.8 Å². The van der Waals surface area contributed by atoms with Crippen molar-refractivity contribution in [2.45, 2.75) is 13.8 Å². The molecule has 0 radical (unpaired) electrons. The first-order valence-corrected chi connectivity index (χ1v) is 4.09. The molecule has 0 aliphatic rings. The maximum Gasteiger partial charge on any atom is 0.336 e. The van der Waals surface area contributed by atoms with Crippen LogP contribution in [0.1, 0.15) is 21.5 Å². The summed E-state index contributed by atoms with van der Waals surface area (Å²) in [5, 5.41) is 18.3. The summed E-state index contributed by atoms with van der Waals surface area (Å²) >= 11 is 0. The van der Waals surface area contributed by atoms with Crippen molar-refractivity contribution in [1.82, 2.24) is 0 Å². The van der Waals surface area contributed by atoms with Crippen LogP contribution in [0.2, 0.25) is 0 Å².